The summed E-state index contributed by atoms with van der Waals surface area (Å²) in [5.74, 6) is -2.62. The van der Waals surface area contributed by atoms with E-state index in [2.05, 4.69) is 4.74 Å². The fraction of sp³-hybridized carbons (Fsp3) is 0.727. The number of nitrogens with zero attached hydrogens (tertiary/aromatic N) is 1. The molecule has 0 bridgehead atoms. The lowest BCUT2D eigenvalue weighted by Crippen LogP contribution is -2.44. The first-order valence-corrected chi connectivity index (χ1v) is 5.42. The molecule has 0 aromatic heterocycles. The first-order valence-electron chi connectivity index (χ1n) is 5.42. The van der Waals surface area contributed by atoms with Gasteiger partial charge in [0.1, 0.15) is 13.0 Å². The first kappa shape index (κ1) is 16.4. The van der Waals surface area contributed by atoms with Crippen molar-refractivity contribution in [1.82, 2.24) is 0 Å². The number of rotatable bonds is 7. The van der Waals surface area contributed by atoms with Crippen molar-refractivity contribution in [2.24, 2.45) is 0 Å². The summed E-state index contributed by atoms with van der Waals surface area (Å²) in [5.41, 5.74) is 0. The number of likely N-dealkylation sites (N-methyl/N-ethyl adjacent to an activating group) is 1. The number of hydrogen-bond acceptors (Lipinski definition) is 5. The van der Waals surface area contributed by atoms with E-state index in [4.69, 9.17) is 9.84 Å². The van der Waals surface area contributed by atoms with Crippen LogP contribution in [0.1, 0.15) is 12.8 Å². The van der Waals surface area contributed by atoms with E-state index < -0.39 is 30.4 Å². The smallest absolute Gasteiger partial charge is 0.317 e. The molecule has 1 unspecified atom stereocenters. The van der Waals surface area contributed by atoms with Crippen molar-refractivity contribution in [3.8, 4) is 0 Å². The highest BCUT2D eigenvalue weighted by molar-refractivity contribution is 5.90. The van der Waals surface area contributed by atoms with Crippen molar-refractivity contribution in [3.63, 3.8) is 0 Å². The van der Waals surface area contributed by atoms with Gasteiger partial charge in [-0.25, -0.2) is 0 Å². The van der Waals surface area contributed by atoms with E-state index in [1.807, 2.05) is 21.1 Å². The third kappa shape index (κ3) is 8.51. The summed E-state index contributed by atoms with van der Waals surface area (Å²) in [6, 6.07) is 0. The second-order valence-corrected chi connectivity index (χ2v) is 4.94. The Morgan fingerprint density at radius 3 is 2.11 bits per heavy atom. The highest BCUT2D eigenvalue weighted by Gasteiger charge is 2.26. The maximum atomic E-state index is 11.3. The van der Waals surface area contributed by atoms with Gasteiger partial charge in [0.2, 0.25) is 0 Å². The van der Waals surface area contributed by atoms with Crippen LogP contribution in [0.2, 0.25) is 0 Å². The van der Waals surface area contributed by atoms with Crippen LogP contribution >= 0.6 is 0 Å². The van der Waals surface area contributed by atoms with Crippen molar-refractivity contribution in [2.75, 3.05) is 34.8 Å². The quantitative estimate of drug-likeness (QED) is 0.383. The Hall–Kier alpha value is -1.63. The number of ether oxygens (including phenoxy) is 2. The predicted octanol–water partition coefficient (Wildman–Crippen LogP) is -0.358. The van der Waals surface area contributed by atoms with Crippen LogP contribution in [0.25, 0.3) is 0 Å². The molecule has 0 aliphatic heterocycles. The molecule has 1 N–H and O–H groups in total. The van der Waals surface area contributed by atoms with E-state index in [9.17, 15) is 14.4 Å². The Kier molecular flexibility index (Phi) is 6.32. The zero-order valence-electron chi connectivity index (χ0n) is 11.1. The van der Waals surface area contributed by atoms with Gasteiger partial charge < -0.3 is 19.1 Å². The van der Waals surface area contributed by atoms with E-state index in [0.717, 1.165) is 0 Å². The third-order valence-electron chi connectivity index (χ3n) is 1.97. The van der Waals surface area contributed by atoms with Gasteiger partial charge in [-0.2, -0.15) is 0 Å². The summed E-state index contributed by atoms with van der Waals surface area (Å²) in [6.07, 6.45) is -1.49. The summed E-state index contributed by atoms with van der Waals surface area (Å²) in [6.45, 7) is 0.389. The molecule has 0 radical (unpaired) electrons. The van der Waals surface area contributed by atoms with Gasteiger partial charge in [-0.1, -0.05) is 0 Å². The van der Waals surface area contributed by atoms with Crippen molar-refractivity contribution >= 4 is 17.9 Å². The lowest BCUT2D eigenvalue weighted by molar-refractivity contribution is -0.873. The van der Waals surface area contributed by atoms with Gasteiger partial charge in [0.25, 0.3) is 0 Å². The monoisotopic (exact) mass is 262 g/mol. The molecule has 1 atom stereocenters. The molecule has 0 heterocycles. The minimum absolute atomic E-state index is 0.0859. The van der Waals surface area contributed by atoms with E-state index in [0.29, 0.717) is 11.0 Å². The van der Waals surface area contributed by atoms with Crippen LogP contribution in [-0.4, -0.2) is 68.4 Å². The lowest BCUT2D eigenvalue weighted by Gasteiger charge is -2.28. The van der Waals surface area contributed by atoms with E-state index in [1.54, 1.807) is 0 Å². The maximum Gasteiger partial charge on any atom is 0.317 e. The fourth-order valence-electron chi connectivity index (χ4n) is 1.37. The first-order chi connectivity index (χ1) is 8.14. The van der Waals surface area contributed by atoms with Crippen LogP contribution in [0.15, 0.2) is 0 Å². The van der Waals surface area contributed by atoms with Gasteiger partial charge >= 0.3 is 17.9 Å². The third-order valence-corrected chi connectivity index (χ3v) is 1.97. The molecule has 104 valence electrons. The summed E-state index contributed by atoms with van der Waals surface area (Å²) >= 11 is 0. The number of methoxy groups -OCH3 is 1. The van der Waals surface area contributed by atoms with Crippen molar-refractivity contribution < 1.29 is 33.4 Å². The van der Waals surface area contributed by atoms with Gasteiger partial charge in [0, 0.05) is 0 Å². The SMILES string of the molecule is COC(=O)CC(C[N+](C)(C)C)OC(=O)CC(=O)O. The zero-order valence-corrected chi connectivity index (χ0v) is 11.1. The summed E-state index contributed by atoms with van der Waals surface area (Å²) in [7, 11) is 6.85. The summed E-state index contributed by atoms with van der Waals surface area (Å²) < 4.78 is 9.95. The standard InChI is InChI=1S/C11H19NO6/c1-12(2,3)7-8(5-10(15)17-4)18-11(16)6-9(13)14/h8H,5-7H2,1-4H3/p+1. The largest absolute Gasteiger partial charge is 0.481 e. The average Bonchev–Trinajstić information content (AvgIpc) is 2.12. The fourth-order valence-corrected chi connectivity index (χ4v) is 1.37. The lowest BCUT2D eigenvalue weighted by atomic mass is 10.2. The molecule has 0 spiro atoms. The molecule has 0 fully saturated rings. The minimum Gasteiger partial charge on any atom is -0.481 e. The Morgan fingerprint density at radius 1 is 1.17 bits per heavy atom. The van der Waals surface area contributed by atoms with Gasteiger partial charge in [0.15, 0.2) is 6.10 Å². The topological polar surface area (TPSA) is 89.9 Å². The van der Waals surface area contributed by atoms with Gasteiger partial charge in [-0.3, -0.25) is 14.4 Å². The Balaban J connectivity index is 4.51. The summed E-state index contributed by atoms with van der Waals surface area (Å²) in [4.78, 5) is 32.8. The van der Waals surface area contributed by atoms with Crippen LogP contribution in [0.3, 0.4) is 0 Å². The molecule has 0 rings (SSSR count). The molecule has 0 amide bonds. The highest BCUT2D eigenvalue weighted by Crippen LogP contribution is 2.07. The molecule has 0 aromatic carbocycles. The number of hydrogen-bond donors (Lipinski definition) is 1. The van der Waals surface area contributed by atoms with Crippen LogP contribution < -0.4 is 0 Å². The van der Waals surface area contributed by atoms with Crippen molar-refractivity contribution in [3.05, 3.63) is 0 Å². The second-order valence-electron chi connectivity index (χ2n) is 4.94. The zero-order chi connectivity index (χ0) is 14.3. The van der Waals surface area contributed by atoms with Gasteiger partial charge in [-0.05, 0) is 0 Å². The van der Waals surface area contributed by atoms with Crippen LogP contribution in [0.4, 0.5) is 0 Å². The molecular formula is C11H20NO6+. The summed E-state index contributed by atoms with van der Waals surface area (Å²) in [5, 5.41) is 8.46. The average molecular weight is 262 g/mol. The van der Waals surface area contributed by atoms with Gasteiger partial charge in [-0.15, -0.1) is 0 Å². The van der Waals surface area contributed by atoms with Crippen LogP contribution in [-0.2, 0) is 23.9 Å². The molecule has 0 aliphatic rings. The predicted molar refractivity (Wildman–Crippen MR) is 61.7 cm³/mol. The second kappa shape index (κ2) is 6.95. The molecule has 0 aliphatic carbocycles. The minimum atomic E-state index is -1.26. The van der Waals surface area contributed by atoms with Crippen LogP contribution in [0, 0.1) is 0 Å². The number of carbonyl (C=O) groups is 3. The number of carboxylic acids is 1. The number of aliphatic carboxylic acids is 1. The van der Waals surface area contributed by atoms with Gasteiger partial charge in [0.05, 0.1) is 34.7 Å². The Bertz CT molecular complexity index is 320. The highest BCUT2D eigenvalue weighted by atomic mass is 16.6. The molecule has 0 saturated heterocycles. The number of esters is 2. The van der Waals surface area contributed by atoms with Crippen molar-refractivity contribution in [2.45, 2.75) is 18.9 Å². The van der Waals surface area contributed by atoms with Crippen LogP contribution in [0.5, 0.6) is 0 Å². The normalized spacial score (nSPS) is 12.7. The van der Waals surface area contributed by atoms with E-state index in [-0.39, 0.29) is 6.42 Å². The molecule has 18 heavy (non-hydrogen) atoms. The number of carbonyl (C=O) groups excluding carboxylic acids is 2. The molecule has 0 saturated carbocycles. The number of carboxylic acid groups (broad SMARTS) is 1. The van der Waals surface area contributed by atoms with E-state index in [1.165, 1.54) is 7.11 Å². The van der Waals surface area contributed by atoms with E-state index >= 15 is 0 Å². The van der Waals surface area contributed by atoms with Crippen molar-refractivity contribution in [1.29, 1.82) is 0 Å². The molecule has 7 heteroatoms. The molecule has 7 nitrogen and oxygen atoms in total. The molecule has 0 aromatic rings. The Labute approximate surface area is 106 Å². The Morgan fingerprint density at radius 2 is 1.72 bits per heavy atom. The molecular weight excluding hydrogens is 242 g/mol. The number of quaternary nitrogens is 1. The maximum absolute atomic E-state index is 11.3.